The second kappa shape index (κ2) is 3.79. The van der Waals surface area contributed by atoms with Crippen molar-refractivity contribution in [2.75, 3.05) is 0 Å². The first kappa shape index (κ1) is 9.37. The van der Waals surface area contributed by atoms with E-state index in [4.69, 9.17) is 23.2 Å². The molecule has 3 heteroatoms. The Morgan fingerprint density at radius 1 is 1.45 bits per heavy atom. The van der Waals surface area contributed by atoms with Crippen LogP contribution in [0.15, 0.2) is 22.7 Å². The highest BCUT2D eigenvalue weighted by Gasteiger charge is 2.03. The molecular weight excluding hydrogens is 247 g/mol. The molecule has 0 aliphatic rings. The summed E-state index contributed by atoms with van der Waals surface area (Å²) in [6, 6.07) is 5.72. The molecular formula is C8H7BrCl2. The maximum absolute atomic E-state index is 5.85. The third kappa shape index (κ3) is 2.36. The van der Waals surface area contributed by atoms with E-state index >= 15 is 0 Å². The number of alkyl halides is 1. The Hall–Kier alpha value is 0.280. The van der Waals surface area contributed by atoms with Crippen LogP contribution in [0.1, 0.15) is 17.9 Å². The van der Waals surface area contributed by atoms with Crippen LogP contribution in [0.5, 0.6) is 0 Å². The third-order valence-electron chi connectivity index (χ3n) is 1.40. The SMILES string of the molecule is CC(Cl)c1ccc(Br)c(Cl)c1. The van der Waals surface area contributed by atoms with Gasteiger partial charge in [0.2, 0.25) is 0 Å². The highest BCUT2D eigenvalue weighted by molar-refractivity contribution is 9.10. The van der Waals surface area contributed by atoms with Crippen molar-refractivity contribution in [3.05, 3.63) is 33.3 Å². The lowest BCUT2D eigenvalue weighted by Gasteiger charge is -2.03. The van der Waals surface area contributed by atoms with Gasteiger partial charge in [0.1, 0.15) is 0 Å². The smallest absolute Gasteiger partial charge is 0.0557 e. The molecule has 1 aromatic rings. The summed E-state index contributed by atoms with van der Waals surface area (Å²) in [7, 11) is 0. The average Bonchev–Trinajstić information content (AvgIpc) is 1.94. The van der Waals surface area contributed by atoms with E-state index in [1.807, 2.05) is 25.1 Å². The first-order valence-electron chi connectivity index (χ1n) is 3.20. The van der Waals surface area contributed by atoms with Crippen LogP contribution in [0.25, 0.3) is 0 Å². The Labute approximate surface area is 84.6 Å². The van der Waals surface area contributed by atoms with Crippen LogP contribution in [0, 0.1) is 0 Å². The van der Waals surface area contributed by atoms with Gasteiger partial charge in [-0.3, -0.25) is 0 Å². The molecule has 0 N–H and O–H groups in total. The Balaban J connectivity index is 3.05. The summed E-state index contributed by atoms with van der Waals surface area (Å²) in [5.41, 5.74) is 1.04. The lowest BCUT2D eigenvalue weighted by molar-refractivity contribution is 1.08. The molecule has 0 aliphatic carbocycles. The third-order valence-corrected chi connectivity index (χ3v) is 2.89. The van der Waals surface area contributed by atoms with Gasteiger partial charge in [-0.15, -0.1) is 11.6 Å². The monoisotopic (exact) mass is 252 g/mol. The topological polar surface area (TPSA) is 0 Å². The van der Waals surface area contributed by atoms with E-state index in [-0.39, 0.29) is 5.38 Å². The fourth-order valence-corrected chi connectivity index (χ4v) is 1.33. The molecule has 1 rings (SSSR count). The van der Waals surface area contributed by atoms with E-state index in [0.717, 1.165) is 10.0 Å². The average molecular weight is 254 g/mol. The molecule has 11 heavy (non-hydrogen) atoms. The molecule has 0 saturated carbocycles. The summed E-state index contributed by atoms with van der Waals surface area (Å²) in [4.78, 5) is 0. The second-order valence-corrected chi connectivity index (χ2v) is 4.21. The summed E-state index contributed by atoms with van der Waals surface area (Å²) in [6.45, 7) is 1.92. The number of rotatable bonds is 1. The predicted molar refractivity (Wildman–Crippen MR) is 53.4 cm³/mol. The van der Waals surface area contributed by atoms with E-state index in [1.54, 1.807) is 0 Å². The summed E-state index contributed by atoms with van der Waals surface area (Å²) in [5, 5.41) is 0.718. The fourth-order valence-electron chi connectivity index (χ4n) is 0.760. The Bertz CT molecular complexity index is 258. The van der Waals surface area contributed by atoms with Gasteiger partial charge >= 0.3 is 0 Å². The zero-order valence-corrected chi connectivity index (χ0v) is 9.04. The molecule has 0 spiro atoms. The largest absolute Gasteiger partial charge is 0.118 e. The molecule has 0 bridgehead atoms. The van der Waals surface area contributed by atoms with E-state index in [1.165, 1.54) is 0 Å². The Morgan fingerprint density at radius 3 is 2.55 bits per heavy atom. The standard InChI is InChI=1S/C8H7BrCl2/c1-5(10)6-2-3-7(9)8(11)4-6/h2-5H,1H3. The van der Waals surface area contributed by atoms with Gasteiger partial charge in [0.25, 0.3) is 0 Å². The number of benzene rings is 1. The quantitative estimate of drug-likeness (QED) is 0.651. The van der Waals surface area contributed by atoms with Crippen molar-refractivity contribution in [3.8, 4) is 0 Å². The van der Waals surface area contributed by atoms with E-state index in [0.29, 0.717) is 5.02 Å². The molecule has 1 aromatic carbocycles. The lowest BCUT2D eigenvalue weighted by atomic mass is 10.2. The van der Waals surface area contributed by atoms with Crippen molar-refractivity contribution < 1.29 is 0 Å². The lowest BCUT2D eigenvalue weighted by Crippen LogP contribution is -1.83. The summed E-state index contributed by atoms with van der Waals surface area (Å²) in [6.07, 6.45) is 0. The zero-order chi connectivity index (χ0) is 8.43. The fraction of sp³-hybridized carbons (Fsp3) is 0.250. The number of hydrogen-bond donors (Lipinski definition) is 0. The van der Waals surface area contributed by atoms with Gasteiger partial charge in [0, 0.05) is 4.47 Å². The second-order valence-electron chi connectivity index (χ2n) is 2.29. The van der Waals surface area contributed by atoms with Crippen molar-refractivity contribution in [1.29, 1.82) is 0 Å². The molecule has 0 saturated heterocycles. The highest BCUT2D eigenvalue weighted by Crippen LogP contribution is 2.28. The van der Waals surface area contributed by atoms with Crippen LogP contribution >= 0.6 is 39.1 Å². The van der Waals surface area contributed by atoms with Gasteiger partial charge in [-0.1, -0.05) is 17.7 Å². The molecule has 0 aliphatic heterocycles. The van der Waals surface area contributed by atoms with Crippen LogP contribution in [-0.4, -0.2) is 0 Å². The van der Waals surface area contributed by atoms with Crippen molar-refractivity contribution in [2.45, 2.75) is 12.3 Å². The summed E-state index contributed by atoms with van der Waals surface area (Å²) in [5.74, 6) is 0. The Morgan fingerprint density at radius 2 is 2.09 bits per heavy atom. The van der Waals surface area contributed by atoms with Gasteiger partial charge < -0.3 is 0 Å². The van der Waals surface area contributed by atoms with Crippen LogP contribution in [0.3, 0.4) is 0 Å². The van der Waals surface area contributed by atoms with Crippen LogP contribution < -0.4 is 0 Å². The molecule has 1 atom stereocenters. The van der Waals surface area contributed by atoms with Gasteiger partial charge in [-0.05, 0) is 40.5 Å². The highest BCUT2D eigenvalue weighted by atomic mass is 79.9. The molecule has 0 heterocycles. The maximum atomic E-state index is 5.85. The molecule has 60 valence electrons. The van der Waals surface area contributed by atoms with Gasteiger partial charge in [-0.25, -0.2) is 0 Å². The minimum atomic E-state index is 0.0144. The van der Waals surface area contributed by atoms with Gasteiger partial charge in [0.15, 0.2) is 0 Å². The Kier molecular flexibility index (Phi) is 3.23. The van der Waals surface area contributed by atoms with Crippen LogP contribution in [-0.2, 0) is 0 Å². The first-order chi connectivity index (χ1) is 5.11. The molecule has 1 unspecified atom stereocenters. The normalized spacial score (nSPS) is 13.1. The van der Waals surface area contributed by atoms with Crippen molar-refractivity contribution >= 4 is 39.1 Å². The summed E-state index contributed by atoms with van der Waals surface area (Å²) >= 11 is 15.0. The van der Waals surface area contributed by atoms with Crippen molar-refractivity contribution in [2.24, 2.45) is 0 Å². The zero-order valence-electron chi connectivity index (χ0n) is 5.94. The maximum Gasteiger partial charge on any atom is 0.0557 e. The van der Waals surface area contributed by atoms with Crippen LogP contribution in [0.2, 0.25) is 5.02 Å². The minimum Gasteiger partial charge on any atom is -0.118 e. The number of hydrogen-bond acceptors (Lipinski definition) is 0. The number of halogens is 3. The molecule has 0 fully saturated rings. The predicted octanol–water partition coefficient (Wildman–Crippen LogP) is 4.40. The minimum absolute atomic E-state index is 0.0144. The van der Waals surface area contributed by atoms with E-state index < -0.39 is 0 Å². The summed E-state index contributed by atoms with van der Waals surface area (Å²) < 4.78 is 0.903. The first-order valence-corrected chi connectivity index (χ1v) is 4.81. The molecule has 0 radical (unpaired) electrons. The molecule has 0 nitrogen and oxygen atoms in total. The van der Waals surface area contributed by atoms with Gasteiger partial charge in [0.05, 0.1) is 10.4 Å². The van der Waals surface area contributed by atoms with Gasteiger partial charge in [-0.2, -0.15) is 0 Å². The molecule has 0 amide bonds. The van der Waals surface area contributed by atoms with E-state index in [2.05, 4.69) is 15.9 Å². The van der Waals surface area contributed by atoms with Crippen molar-refractivity contribution in [3.63, 3.8) is 0 Å². The van der Waals surface area contributed by atoms with Crippen LogP contribution in [0.4, 0.5) is 0 Å². The van der Waals surface area contributed by atoms with E-state index in [9.17, 15) is 0 Å². The van der Waals surface area contributed by atoms with Crippen molar-refractivity contribution in [1.82, 2.24) is 0 Å². The molecule has 0 aromatic heterocycles.